The molecule has 4 heterocycles. The second kappa shape index (κ2) is 7.04. The Bertz CT molecular complexity index is 987. The van der Waals surface area contributed by atoms with Gasteiger partial charge in [0.25, 0.3) is 0 Å². The summed E-state index contributed by atoms with van der Waals surface area (Å²) in [4.78, 5) is 12.4. The maximum absolute atomic E-state index is 9.68. The minimum absolute atomic E-state index is 0.261. The molecule has 1 aromatic carbocycles. The summed E-state index contributed by atoms with van der Waals surface area (Å²) in [5, 5.41) is 14.4. The van der Waals surface area contributed by atoms with Crippen molar-refractivity contribution >= 4 is 38.6 Å². The van der Waals surface area contributed by atoms with E-state index in [-0.39, 0.29) is 5.41 Å². The van der Waals surface area contributed by atoms with Crippen LogP contribution in [0, 0.1) is 30.1 Å². The molecule has 5 aliphatic rings. The maximum atomic E-state index is 9.68. The summed E-state index contributed by atoms with van der Waals surface area (Å²) < 4.78 is 6.83. The third kappa shape index (κ3) is 3.04. The van der Waals surface area contributed by atoms with Crippen molar-refractivity contribution in [2.24, 2.45) is 23.2 Å². The number of rotatable bonds is 5. The van der Waals surface area contributed by atoms with Crippen LogP contribution in [0.15, 0.2) is 16.6 Å². The lowest BCUT2D eigenvalue weighted by molar-refractivity contribution is -0.123. The number of ether oxygens (including phenoxy) is 1. The van der Waals surface area contributed by atoms with Gasteiger partial charge >= 0.3 is 0 Å². The third-order valence-electron chi connectivity index (χ3n) is 7.96. The highest BCUT2D eigenvalue weighted by Gasteiger charge is 2.48. The number of fused-ring (bicyclic) bond motifs is 5. The molecule has 2 aliphatic carbocycles. The van der Waals surface area contributed by atoms with Crippen LogP contribution in [0.2, 0.25) is 0 Å². The summed E-state index contributed by atoms with van der Waals surface area (Å²) in [5.41, 5.74) is 2.44. The summed E-state index contributed by atoms with van der Waals surface area (Å²) in [6.45, 7) is 6.06. The average Bonchev–Trinajstić information content (AvgIpc) is 3.32. The highest BCUT2D eigenvalue weighted by Crippen LogP contribution is 2.50. The van der Waals surface area contributed by atoms with Crippen molar-refractivity contribution in [2.45, 2.75) is 38.6 Å². The number of aliphatic hydroxyl groups excluding tert-OH is 1. The molecule has 0 unspecified atom stereocenters. The van der Waals surface area contributed by atoms with Crippen LogP contribution < -0.4 is 10.2 Å². The largest absolute Gasteiger partial charge is 0.396 e. The van der Waals surface area contributed by atoms with Crippen LogP contribution in [0.25, 0.3) is 10.9 Å². The van der Waals surface area contributed by atoms with E-state index < -0.39 is 0 Å². The first-order valence-corrected chi connectivity index (χ1v) is 12.0. The van der Waals surface area contributed by atoms with E-state index in [1.54, 1.807) is 0 Å². The molecular weight excluding hydrogens is 444 g/mol. The molecule has 5 fully saturated rings. The molecule has 1 aromatic heterocycles. The monoisotopic (exact) mass is 472 g/mol. The van der Waals surface area contributed by atoms with Gasteiger partial charge < -0.3 is 20.1 Å². The van der Waals surface area contributed by atoms with Crippen molar-refractivity contribution in [3.05, 3.63) is 22.2 Å². The van der Waals surface area contributed by atoms with E-state index in [0.29, 0.717) is 24.5 Å². The molecule has 0 amide bonds. The predicted molar refractivity (Wildman–Crippen MR) is 121 cm³/mol. The molecule has 3 saturated heterocycles. The van der Waals surface area contributed by atoms with Crippen molar-refractivity contribution < 1.29 is 9.84 Å². The fourth-order valence-electron chi connectivity index (χ4n) is 6.49. The number of nitrogens with zero attached hydrogens (tertiary/aromatic N) is 3. The van der Waals surface area contributed by atoms with Crippen molar-refractivity contribution in [1.29, 1.82) is 0 Å². The lowest BCUT2D eigenvalue weighted by Gasteiger charge is -2.52. The van der Waals surface area contributed by atoms with Crippen LogP contribution >= 0.6 is 15.9 Å². The normalized spacial score (nSPS) is 34.4. The number of hydrogen-bond acceptors (Lipinski definition) is 6. The Balaban J connectivity index is 1.34. The Hall–Kier alpha value is -1.44. The molecule has 0 radical (unpaired) electrons. The van der Waals surface area contributed by atoms with E-state index in [9.17, 15) is 5.11 Å². The highest BCUT2D eigenvalue weighted by atomic mass is 79.9. The molecule has 2 saturated carbocycles. The summed E-state index contributed by atoms with van der Waals surface area (Å²) >= 11 is 3.66. The van der Waals surface area contributed by atoms with E-state index in [1.165, 1.54) is 12.8 Å². The molecule has 160 valence electrons. The average molecular weight is 473 g/mol. The van der Waals surface area contributed by atoms with Gasteiger partial charge in [0.1, 0.15) is 5.82 Å². The molecule has 0 spiro atoms. The number of hydrogen-bond donors (Lipinski definition) is 2. The van der Waals surface area contributed by atoms with Crippen molar-refractivity contribution in [2.75, 3.05) is 43.1 Å². The van der Waals surface area contributed by atoms with Crippen molar-refractivity contribution in [1.82, 2.24) is 9.97 Å². The van der Waals surface area contributed by atoms with E-state index in [0.717, 1.165) is 77.8 Å². The first kappa shape index (κ1) is 19.3. The van der Waals surface area contributed by atoms with Crippen LogP contribution in [0.4, 0.5) is 11.8 Å². The summed E-state index contributed by atoms with van der Waals surface area (Å²) in [6.07, 6.45) is 4.73. The second-order valence-corrected chi connectivity index (χ2v) is 11.0. The first-order chi connectivity index (χ1) is 14.5. The van der Waals surface area contributed by atoms with Crippen LogP contribution in [0.5, 0.6) is 0 Å². The number of aromatic nitrogens is 2. The number of halogens is 1. The number of anilines is 2. The first-order valence-electron chi connectivity index (χ1n) is 11.2. The molecule has 2 aromatic rings. The standard InChI is InChI=1S/C23H29BrN4O2/c1-13-2-17(24)5-19-20(13)26-22(25-11-23-6-14(7-23)10-30-12-23)27-21(19)28-8-15-3-18(28)4-16(15)9-29/h2,5,14-16,18,29H,3-4,6-12H2,1H3,(H,25,26,27)/t14?,15-,16-,18-,23?/m0/s1. The topological polar surface area (TPSA) is 70.5 Å². The van der Waals surface area contributed by atoms with E-state index in [2.05, 4.69) is 45.2 Å². The van der Waals surface area contributed by atoms with Gasteiger partial charge in [0.15, 0.2) is 0 Å². The van der Waals surface area contributed by atoms with Gasteiger partial charge in [0.2, 0.25) is 5.95 Å². The van der Waals surface area contributed by atoms with Gasteiger partial charge in [-0.2, -0.15) is 4.98 Å². The van der Waals surface area contributed by atoms with Gasteiger partial charge in [0, 0.05) is 47.6 Å². The smallest absolute Gasteiger partial charge is 0.225 e. The zero-order chi connectivity index (χ0) is 20.5. The van der Waals surface area contributed by atoms with Gasteiger partial charge in [-0.05, 0) is 68.1 Å². The summed E-state index contributed by atoms with van der Waals surface area (Å²) in [7, 11) is 0. The van der Waals surface area contributed by atoms with Crippen molar-refractivity contribution in [3.63, 3.8) is 0 Å². The maximum Gasteiger partial charge on any atom is 0.225 e. The molecule has 4 bridgehead atoms. The van der Waals surface area contributed by atoms with Gasteiger partial charge in [0.05, 0.1) is 12.1 Å². The highest BCUT2D eigenvalue weighted by molar-refractivity contribution is 9.10. The van der Waals surface area contributed by atoms with Crippen LogP contribution in [0.3, 0.4) is 0 Å². The van der Waals surface area contributed by atoms with Crippen LogP contribution in [-0.4, -0.2) is 54.0 Å². The molecule has 7 rings (SSSR count). The molecular formula is C23H29BrN4O2. The summed E-state index contributed by atoms with van der Waals surface area (Å²) in [5.74, 6) is 3.53. The Kier molecular flexibility index (Phi) is 4.52. The minimum Gasteiger partial charge on any atom is -0.396 e. The molecule has 30 heavy (non-hydrogen) atoms. The Morgan fingerprint density at radius 1 is 1.30 bits per heavy atom. The predicted octanol–water partition coefficient (Wildman–Crippen LogP) is 3.75. The van der Waals surface area contributed by atoms with Gasteiger partial charge in [-0.1, -0.05) is 15.9 Å². The Morgan fingerprint density at radius 2 is 2.17 bits per heavy atom. The zero-order valence-electron chi connectivity index (χ0n) is 17.4. The third-order valence-corrected chi connectivity index (χ3v) is 8.42. The van der Waals surface area contributed by atoms with E-state index in [1.807, 2.05) is 0 Å². The molecule has 3 aliphatic heterocycles. The number of aliphatic hydroxyl groups is 1. The fourth-order valence-corrected chi connectivity index (χ4v) is 7.06. The molecule has 6 nitrogen and oxygen atoms in total. The molecule has 7 heteroatoms. The molecule has 2 N–H and O–H groups in total. The van der Waals surface area contributed by atoms with Crippen LogP contribution in [0.1, 0.15) is 31.2 Å². The second-order valence-electron chi connectivity index (χ2n) is 10.1. The molecule has 3 atom stereocenters. The van der Waals surface area contributed by atoms with Crippen molar-refractivity contribution in [3.8, 4) is 0 Å². The van der Waals surface area contributed by atoms with E-state index in [4.69, 9.17) is 14.7 Å². The van der Waals surface area contributed by atoms with Gasteiger partial charge in [-0.3, -0.25) is 0 Å². The van der Waals surface area contributed by atoms with Crippen LogP contribution in [-0.2, 0) is 4.74 Å². The number of benzene rings is 1. The zero-order valence-corrected chi connectivity index (χ0v) is 19.0. The minimum atomic E-state index is 0.261. The SMILES string of the molecule is Cc1cc(Br)cc2c(N3C[C@@H]4C[C@H]3C[C@H]4CO)nc(NCC34COCC(C3)C4)nc12. The number of nitrogens with one attached hydrogen (secondary N) is 1. The van der Waals surface area contributed by atoms with Gasteiger partial charge in [-0.15, -0.1) is 0 Å². The Morgan fingerprint density at radius 3 is 2.87 bits per heavy atom. The van der Waals surface area contributed by atoms with E-state index >= 15 is 0 Å². The Labute approximate surface area is 185 Å². The summed E-state index contributed by atoms with van der Waals surface area (Å²) in [6, 6.07) is 4.75. The lowest BCUT2D eigenvalue weighted by Crippen LogP contribution is -2.52. The fraction of sp³-hybridized carbons (Fsp3) is 0.652. The number of aryl methyl sites for hydroxylation is 1. The van der Waals surface area contributed by atoms with Gasteiger partial charge in [-0.25, -0.2) is 4.98 Å². The number of piperidine rings is 1. The quantitative estimate of drug-likeness (QED) is 0.690. The lowest BCUT2D eigenvalue weighted by atomic mass is 9.61.